The van der Waals surface area contributed by atoms with Crippen molar-refractivity contribution in [2.24, 2.45) is 0 Å². The van der Waals surface area contributed by atoms with E-state index in [1.54, 1.807) is 6.07 Å². The maximum atomic E-state index is 5.83. The maximum absolute atomic E-state index is 5.83. The van der Waals surface area contributed by atoms with Crippen LogP contribution >= 0.6 is 31.9 Å². The molecule has 0 aliphatic rings. The van der Waals surface area contributed by atoms with Crippen LogP contribution in [0.2, 0.25) is 0 Å². The number of benzene rings is 1. The molecule has 5 heteroatoms. The number of halogens is 2. The fraction of sp³-hybridized carbons (Fsp3) is 0.286. The first-order chi connectivity index (χ1) is 9.08. The van der Waals surface area contributed by atoms with Crippen molar-refractivity contribution < 1.29 is 4.74 Å². The Hall–Kier alpha value is -0.940. The van der Waals surface area contributed by atoms with Crippen LogP contribution in [0.15, 0.2) is 33.3 Å². The minimum absolute atomic E-state index is 0.566. The number of aromatic nitrogens is 2. The van der Waals surface area contributed by atoms with E-state index in [-0.39, 0.29) is 0 Å². The number of aryl methyl sites for hydroxylation is 2. The van der Waals surface area contributed by atoms with E-state index in [1.807, 2.05) is 25.1 Å². The minimum atomic E-state index is 0.566. The largest absolute Gasteiger partial charge is 0.439 e. The minimum Gasteiger partial charge on any atom is -0.439 e. The van der Waals surface area contributed by atoms with Crippen molar-refractivity contribution in [2.45, 2.75) is 26.7 Å². The molecule has 1 heterocycles. The van der Waals surface area contributed by atoms with E-state index in [0.717, 1.165) is 39.1 Å². The second-order valence-electron chi connectivity index (χ2n) is 4.21. The van der Waals surface area contributed by atoms with E-state index in [4.69, 9.17) is 4.74 Å². The summed E-state index contributed by atoms with van der Waals surface area (Å²) in [5.41, 5.74) is 1.06. The molecule has 19 heavy (non-hydrogen) atoms. The molecule has 0 amide bonds. The molecule has 0 bridgehead atoms. The summed E-state index contributed by atoms with van der Waals surface area (Å²) in [7, 11) is 0. The second-order valence-corrected chi connectivity index (χ2v) is 5.94. The summed E-state index contributed by atoms with van der Waals surface area (Å²) in [6, 6.07) is 7.67. The van der Waals surface area contributed by atoms with E-state index in [0.29, 0.717) is 5.88 Å². The predicted molar refractivity (Wildman–Crippen MR) is 82.7 cm³/mol. The molecular formula is C14H14Br2N2O. The van der Waals surface area contributed by atoms with Gasteiger partial charge in [-0.2, -0.15) is 4.98 Å². The third-order valence-corrected chi connectivity index (χ3v) is 3.44. The molecule has 0 fully saturated rings. The van der Waals surface area contributed by atoms with Crippen LogP contribution < -0.4 is 4.74 Å². The van der Waals surface area contributed by atoms with Gasteiger partial charge in [0.15, 0.2) is 0 Å². The molecular weight excluding hydrogens is 372 g/mol. The second kappa shape index (κ2) is 6.48. The van der Waals surface area contributed by atoms with E-state index >= 15 is 0 Å². The van der Waals surface area contributed by atoms with Gasteiger partial charge in [-0.05, 0) is 53.0 Å². The van der Waals surface area contributed by atoms with Crippen molar-refractivity contribution in [1.29, 1.82) is 0 Å². The average Bonchev–Trinajstić information content (AvgIpc) is 2.32. The molecule has 0 saturated heterocycles. The van der Waals surface area contributed by atoms with Crippen LogP contribution in [-0.2, 0) is 6.42 Å². The van der Waals surface area contributed by atoms with Gasteiger partial charge in [0.2, 0.25) is 5.88 Å². The molecule has 0 aliphatic heterocycles. The number of hydrogen-bond donors (Lipinski definition) is 0. The van der Waals surface area contributed by atoms with Gasteiger partial charge in [0.1, 0.15) is 16.2 Å². The Bertz CT molecular complexity index is 588. The standard InChI is InChI=1S/C14H14Br2N2O/c1-3-4-13-17-12(16)8-14(18-13)19-11-6-5-10(15)7-9(11)2/h5-8H,3-4H2,1-2H3. The monoisotopic (exact) mass is 384 g/mol. The van der Waals surface area contributed by atoms with Gasteiger partial charge in [0.05, 0.1) is 0 Å². The highest BCUT2D eigenvalue weighted by Gasteiger charge is 2.07. The summed E-state index contributed by atoms with van der Waals surface area (Å²) >= 11 is 6.82. The summed E-state index contributed by atoms with van der Waals surface area (Å²) in [5.74, 6) is 2.16. The molecule has 0 saturated carbocycles. The zero-order valence-electron chi connectivity index (χ0n) is 10.8. The molecule has 1 aromatic carbocycles. The molecule has 0 N–H and O–H groups in total. The summed E-state index contributed by atoms with van der Waals surface area (Å²) in [6.07, 6.45) is 1.85. The van der Waals surface area contributed by atoms with Crippen LogP contribution in [0.1, 0.15) is 24.7 Å². The lowest BCUT2D eigenvalue weighted by Gasteiger charge is -2.09. The van der Waals surface area contributed by atoms with Gasteiger partial charge in [-0.1, -0.05) is 22.9 Å². The lowest BCUT2D eigenvalue weighted by molar-refractivity contribution is 0.454. The van der Waals surface area contributed by atoms with E-state index in [9.17, 15) is 0 Å². The Balaban J connectivity index is 2.27. The molecule has 3 nitrogen and oxygen atoms in total. The highest BCUT2D eigenvalue weighted by atomic mass is 79.9. The lowest BCUT2D eigenvalue weighted by atomic mass is 10.2. The van der Waals surface area contributed by atoms with Crippen LogP contribution in [0.25, 0.3) is 0 Å². The van der Waals surface area contributed by atoms with Gasteiger partial charge in [-0.3, -0.25) is 0 Å². The summed E-state index contributed by atoms with van der Waals surface area (Å²) in [6.45, 7) is 4.10. The number of ether oxygens (including phenoxy) is 1. The SMILES string of the molecule is CCCc1nc(Br)cc(Oc2ccc(Br)cc2C)n1. The summed E-state index contributed by atoms with van der Waals surface area (Å²) in [4.78, 5) is 8.73. The van der Waals surface area contributed by atoms with Gasteiger partial charge >= 0.3 is 0 Å². The Morgan fingerprint density at radius 2 is 1.95 bits per heavy atom. The first-order valence-electron chi connectivity index (χ1n) is 6.06. The molecule has 0 radical (unpaired) electrons. The Labute approximate surface area is 129 Å². The quantitative estimate of drug-likeness (QED) is 0.690. The van der Waals surface area contributed by atoms with E-state index < -0.39 is 0 Å². The Kier molecular flexibility index (Phi) is 4.93. The molecule has 100 valence electrons. The molecule has 0 spiro atoms. The highest BCUT2D eigenvalue weighted by molar-refractivity contribution is 9.10. The number of rotatable bonds is 4. The topological polar surface area (TPSA) is 35.0 Å². The van der Waals surface area contributed by atoms with Crippen LogP contribution in [0.3, 0.4) is 0 Å². The molecule has 0 aliphatic carbocycles. The maximum Gasteiger partial charge on any atom is 0.223 e. The summed E-state index contributed by atoms with van der Waals surface area (Å²) in [5, 5.41) is 0. The van der Waals surface area contributed by atoms with E-state index in [2.05, 4.69) is 48.8 Å². The van der Waals surface area contributed by atoms with E-state index in [1.165, 1.54) is 0 Å². The van der Waals surface area contributed by atoms with Crippen molar-refractivity contribution in [2.75, 3.05) is 0 Å². The molecule has 1 aromatic heterocycles. The van der Waals surface area contributed by atoms with Gasteiger partial charge in [-0.25, -0.2) is 4.98 Å². The van der Waals surface area contributed by atoms with Crippen molar-refractivity contribution in [3.05, 3.63) is 44.7 Å². The van der Waals surface area contributed by atoms with Crippen molar-refractivity contribution >= 4 is 31.9 Å². The Morgan fingerprint density at radius 1 is 1.16 bits per heavy atom. The molecule has 2 aromatic rings. The first kappa shape index (κ1) is 14.5. The van der Waals surface area contributed by atoms with Gasteiger partial charge in [-0.15, -0.1) is 0 Å². The molecule has 0 atom stereocenters. The van der Waals surface area contributed by atoms with Crippen LogP contribution in [0, 0.1) is 6.92 Å². The predicted octanol–water partition coefficient (Wildman–Crippen LogP) is 5.05. The molecule has 2 rings (SSSR count). The third-order valence-electron chi connectivity index (χ3n) is 2.54. The third kappa shape index (κ3) is 4.01. The van der Waals surface area contributed by atoms with Crippen molar-refractivity contribution in [3.63, 3.8) is 0 Å². The fourth-order valence-electron chi connectivity index (χ4n) is 1.67. The Morgan fingerprint density at radius 3 is 2.63 bits per heavy atom. The normalized spacial score (nSPS) is 10.5. The van der Waals surface area contributed by atoms with Gasteiger partial charge < -0.3 is 4.74 Å². The zero-order valence-corrected chi connectivity index (χ0v) is 14.0. The van der Waals surface area contributed by atoms with Crippen LogP contribution in [-0.4, -0.2) is 9.97 Å². The van der Waals surface area contributed by atoms with Crippen molar-refractivity contribution in [3.8, 4) is 11.6 Å². The number of hydrogen-bond acceptors (Lipinski definition) is 3. The van der Waals surface area contributed by atoms with Crippen LogP contribution in [0.5, 0.6) is 11.6 Å². The highest BCUT2D eigenvalue weighted by Crippen LogP contribution is 2.27. The first-order valence-corrected chi connectivity index (χ1v) is 7.64. The lowest BCUT2D eigenvalue weighted by Crippen LogP contribution is -1.98. The summed E-state index contributed by atoms with van der Waals surface area (Å²) < 4.78 is 7.61. The molecule has 0 unspecified atom stereocenters. The number of nitrogens with zero attached hydrogens (tertiary/aromatic N) is 2. The average molecular weight is 386 g/mol. The fourth-order valence-corrected chi connectivity index (χ4v) is 2.55. The van der Waals surface area contributed by atoms with Crippen LogP contribution in [0.4, 0.5) is 0 Å². The zero-order chi connectivity index (χ0) is 13.8. The smallest absolute Gasteiger partial charge is 0.223 e. The van der Waals surface area contributed by atoms with Gasteiger partial charge in [0, 0.05) is 17.0 Å². The van der Waals surface area contributed by atoms with Gasteiger partial charge in [0.25, 0.3) is 0 Å². The van der Waals surface area contributed by atoms with Crippen molar-refractivity contribution in [1.82, 2.24) is 9.97 Å².